The van der Waals surface area contributed by atoms with Crippen LogP contribution >= 0.6 is 0 Å². The van der Waals surface area contributed by atoms with Crippen molar-refractivity contribution in [2.75, 3.05) is 52.5 Å². The third-order valence-electron chi connectivity index (χ3n) is 4.31. The quantitative estimate of drug-likeness (QED) is 0.792. The molecule has 1 unspecified atom stereocenters. The summed E-state index contributed by atoms with van der Waals surface area (Å²) >= 11 is 0. The average molecular weight is 309 g/mol. The molecular weight excluding hydrogens is 286 g/mol. The summed E-state index contributed by atoms with van der Waals surface area (Å²) in [6, 6.07) is 0.214. The highest BCUT2D eigenvalue weighted by Crippen LogP contribution is 2.20. The number of piperazine rings is 1. The number of hydrogen-bond acceptors (Lipinski definition) is 6. The number of hydrogen-bond donors (Lipinski definition) is 0. The number of amides is 2. The van der Waals surface area contributed by atoms with Crippen LogP contribution in [0.15, 0.2) is 4.52 Å². The number of aromatic nitrogens is 2. The van der Waals surface area contributed by atoms with Gasteiger partial charge in [0.25, 0.3) is 0 Å². The molecule has 2 saturated heterocycles. The summed E-state index contributed by atoms with van der Waals surface area (Å²) in [5, 5.41) is 3.84. The first-order valence-electron chi connectivity index (χ1n) is 7.81. The molecule has 0 N–H and O–H groups in total. The van der Waals surface area contributed by atoms with Crippen molar-refractivity contribution in [2.45, 2.75) is 19.9 Å². The van der Waals surface area contributed by atoms with Crippen molar-refractivity contribution >= 4 is 6.03 Å². The van der Waals surface area contributed by atoms with Crippen LogP contribution in [0.1, 0.15) is 24.7 Å². The van der Waals surface area contributed by atoms with Gasteiger partial charge in [0.05, 0.1) is 19.3 Å². The Morgan fingerprint density at radius 1 is 1.09 bits per heavy atom. The summed E-state index contributed by atoms with van der Waals surface area (Å²) in [5.74, 6) is 1.30. The van der Waals surface area contributed by atoms with Crippen LogP contribution in [-0.4, -0.2) is 83.4 Å². The van der Waals surface area contributed by atoms with Gasteiger partial charge in [-0.2, -0.15) is 4.98 Å². The zero-order valence-electron chi connectivity index (χ0n) is 13.2. The molecule has 0 bridgehead atoms. The molecule has 0 saturated carbocycles. The van der Waals surface area contributed by atoms with E-state index in [1.807, 2.05) is 16.7 Å². The standard InChI is InChI=1S/C14H23N5O3/c1-11(13-15-12(2)16-22-13)17-3-5-18(6-4-17)14(20)19-7-9-21-10-8-19/h11H,3-10H2,1-2H3. The molecule has 122 valence electrons. The number of ether oxygens (including phenoxy) is 1. The molecule has 0 aliphatic carbocycles. The molecule has 3 heterocycles. The Bertz CT molecular complexity index is 506. The van der Waals surface area contributed by atoms with Gasteiger partial charge in [0.15, 0.2) is 5.82 Å². The Kier molecular flexibility index (Phi) is 4.58. The first-order valence-corrected chi connectivity index (χ1v) is 7.81. The minimum absolute atomic E-state index is 0.0850. The molecular formula is C14H23N5O3. The minimum Gasteiger partial charge on any atom is -0.378 e. The number of carbonyl (C=O) groups excluding carboxylic acids is 1. The van der Waals surface area contributed by atoms with E-state index >= 15 is 0 Å². The molecule has 22 heavy (non-hydrogen) atoms. The van der Waals surface area contributed by atoms with Gasteiger partial charge in [-0.1, -0.05) is 5.16 Å². The van der Waals surface area contributed by atoms with E-state index < -0.39 is 0 Å². The largest absolute Gasteiger partial charge is 0.378 e. The van der Waals surface area contributed by atoms with Crippen molar-refractivity contribution < 1.29 is 14.1 Å². The lowest BCUT2D eigenvalue weighted by molar-refractivity contribution is 0.0339. The van der Waals surface area contributed by atoms with E-state index in [-0.39, 0.29) is 12.1 Å². The second-order valence-electron chi connectivity index (χ2n) is 5.76. The zero-order valence-corrected chi connectivity index (χ0v) is 13.2. The van der Waals surface area contributed by atoms with Gasteiger partial charge in [-0.15, -0.1) is 0 Å². The molecule has 8 nitrogen and oxygen atoms in total. The Balaban J connectivity index is 1.52. The number of rotatable bonds is 2. The monoisotopic (exact) mass is 309 g/mol. The van der Waals surface area contributed by atoms with Gasteiger partial charge in [0.1, 0.15) is 0 Å². The highest BCUT2D eigenvalue weighted by Gasteiger charge is 2.29. The fourth-order valence-electron chi connectivity index (χ4n) is 2.89. The maximum atomic E-state index is 12.4. The third-order valence-corrected chi connectivity index (χ3v) is 4.31. The van der Waals surface area contributed by atoms with Gasteiger partial charge in [0, 0.05) is 39.3 Å². The molecule has 1 aromatic heterocycles. The molecule has 0 radical (unpaired) electrons. The van der Waals surface area contributed by atoms with Crippen molar-refractivity contribution in [1.29, 1.82) is 0 Å². The second-order valence-corrected chi connectivity index (χ2v) is 5.76. The zero-order chi connectivity index (χ0) is 15.5. The molecule has 2 aliphatic rings. The summed E-state index contributed by atoms with van der Waals surface area (Å²) < 4.78 is 10.5. The topological polar surface area (TPSA) is 74.9 Å². The smallest absolute Gasteiger partial charge is 0.320 e. The fourth-order valence-corrected chi connectivity index (χ4v) is 2.89. The lowest BCUT2D eigenvalue weighted by Gasteiger charge is -2.39. The Morgan fingerprint density at radius 3 is 2.32 bits per heavy atom. The van der Waals surface area contributed by atoms with Crippen LogP contribution in [0, 0.1) is 6.92 Å². The van der Waals surface area contributed by atoms with Crippen molar-refractivity contribution in [1.82, 2.24) is 24.8 Å². The Morgan fingerprint density at radius 2 is 1.73 bits per heavy atom. The van der Waals surface area contributed by atoms with Crippen LogP contribution in [0.4, 0.5) is 4.79 Å². The molecule has 3 rings (SSSR count). The molecule has 0 aromatic carbocycles. The fraction of sp³-hybridized carbons (Fsp3) is 0.786. The molecule has 1 atom stereocenters. The van der Waals surface area contributed by atoms with Crippen LogP contribution in [0.2, 0.25) is 0 Å². The Labute approximate surface area is 130 Å². The highest BCUT2D eigenvalue weighted by molar-refractivity contribution is 5.74. The second kappa shape index (κ2) is 6.62. The predicted molar refractivity (Wildman–Crippen MR) is 78.4 cm³/mol. The van der Waals surface area contributed by atoms with E-state index in [0.717, 1.165) is 26.2 Å². The third kappa shape index (κ3) is 3.22. The highest BCUT2D eigenvalue weighted by atomic mass is 16.5. The molecule has 0 spiro atoms. The van der Waals surface area contributed by atoms with E-state index in [9.17, 15) is 4.79 Å². The maximum Gasteiger partial charge on any atom is 0.320 e. The van der Waals surface area contributed by atoms with Crippen LogP contribution in [-0.2, 0) is 4.74 Å². The maximum absolute atomic E-state index is 12.4. The SMILES string of the molecule is Cc1noc(C(C)N2CCN(C(=O)N3CCOCC3)CC2)n1. The van der Waals surface area contributed by atoms with Crippen molar-refractivity contribution in [3.8, 4) is 0 Å². The number of aryl methyl sites for hydroxylation is 1. The van der Waals surface area contributed by atoms with Crippen LogP contribution < -0.4 is 0 Å². The van der Waals surface area contributed by atoms with Crippen molar-refractivity contribution in [2.24, 2.45) is 0 Å². The van der Waals surface area contributed by atoms with Crippen molar-refractivity contribution in [3.05, 3.63) is 11.7 Å². The Hall–Kier alpha value is -1.67. The van der Waals surface area contributed by atoms with Gasteiger partial charge in [-0.3, -0.25) is 4.90 Å². The predicted octanol–water partition coefficient (Wildman–Crippen LogP) is 0.509. The first-order chi connectivity index (χ1) is 10.6. The van der Waals surface area contributed by atoms with Crippen LogP contribution in [0.3, 0.4) is 0 Å². The molecule has 2 amide bonds. The van der Waals surface area contributed by atoms with Gasteiger partial charge < -0.3 is 19.1 Å². The minimum atomic E-state index is 0.0850. The van der Waals surface area contributed by atoms with E-state index in [2.05, 4.69) is 22.0 Å². The van der Waals surface area contributed by atoms with E-state index in [4.69, 9.17) is 9.26 Å². The summed E-state index contributed by atoms with van der Waals surface area (Å²) in [4.78, 5) is 22.8. The normalized spacial score (nSPS) is 21.9. The number of carbonyl (C=O) groups is 1. The summed E-state index contributed by atoms with van der Waals surface area (Å²) in [6.45, 7) is 9.63. The summed E-state index contributed by atoms with van der Waals surface area (Å²) in [5.41, 5.74) is 0. The molecule has 2 fully saturated rings. The van der Waals surface area contributed by atoms with E-state index in [1.165, 1.54) is 0 Å². The van der Waals surface area contributed by atoms with Gasteiger partial charge in [0.2, 0.25) is 5.89 Å². The molecule has 1 aromatic rings. The number of urea groups is 1. The number of morpholine rings is 1. The number of nitrogens with zero attached hydrogens (tertiary/aromatic N) is 5. The van der Waals surface area contributed by atoms with Gasteiger partial charge >= 0.3 is 6.03 Å². The average Bonchev–Trinajstić information content (AvgIpc) is 3.01. The lowest BCUT2D eigenvalue weighted by atomic mass is 10.2. The van der Waals surface area contributed by atoms with Gasteiger partial charge in [-0.05, 0) is 13.8 Å². The summed E-state index contributed by atoms with van der Waals surface area (Å²) in [6.07, 6.45) is 0. The van der Waals surface area contributed by atoms with Gasteiger partial charge in [-0.25, -0.2) is 4.79 Å². The van der Waals surface area contributed by atoms with E-state index in [0.29, 0.717) is 38.0 Å². The summed E-state index contributed by atoms with van der Waals surface area (Å²) in [7, 11) is 0. The first kappa shape index (κ1) is 15.2. The van der Waals surface area contributed by atoms with E-state index in [1.54, 1.807) is 0 Å². The van der Waals surface area contributed by atoms with Crippen molar-refractivity contribution in [3.63, 3.8) is 0 Å². The van der Waals surface area contributed by atoms with Crippen LogP contribution in [0.5, 0.6) is 0 Å². The molecule has 2 aliphatic heterocycles. The molecule has 8 heteroatoms. The lowest BCUT2D eigenvalue weighted by Crippen LogP contribution is -2.55. The van der Waals surface area contributed by atoms with Crippen LogP contribution in [0.25, 0.3) is 0 Å².